The van der Waals surface area contributed by atoms with E-state index in [1.807, 2.05) is 12.1 Å². The fourth-order valence-electron chi connectivity index (χ4n) is 1.31. The zero-order valence-electron chi connectivity index (χ0n) is 9.06. The third kappa shape index (κ3) is 2.49. The Hall–Kier alpha value is -1.51. The molecule has 1 aliphatic rings. The summed E-state index contributed by atoms with van der Waals surface area (Å²) in [6, 6.07) is 7.32. The fraction of sp³-hybridized carbons (Fsp3) is 0.417. The number of nitrogens with zero attached hydrogens (tertiary/aromatic N) is 1. The summed E-state index contributed by atoms with van der Waals surface area (Å²) in [4.78, 5) is 13.1. The lowest BCUT2D eigenvalue weighted by Gasteiger charge is -2.10. The van der Waals surface area contributed by atoms with Crippen LogP contribution in [0.3, 0.4) is 0 Å². The molecule has 0 N–H and O–H groups in total. The molecular weight excluding hydrogens is 190 g/mol. The summed E-state index contributed by atoms with van der Waals surface area (Å²) in [5.41, 5.74) is 0.697. The van der Waals surface area contributed by atoms with E-state index in [4.69, 9.17) is 4.74 Å². The van der Waals surface area contributed by atoms with Gasteiger partial charge in [0.05, 0.1) is 6.10 Å². The number of carbonyl (C=O) groups excluding carboxylic acids is 1. The first-order valence-electron chi connectivity index (χ1n) is 5.15. The number of hydrogen-bond donors (Lipinski definition) is 0. The monoisotopic (exact) mass is 205 g/mol. The van der Waals surface area contributed by atoms with Crippen LogP contribution in [-0.4, -0.2) is 31.0 Å². The van der Waals surface area contributed by atoms with Gasteiger partial charge in [-0.05, 0) is 37.1 Å². The maximum Gasteiger partial charge on any atom is 0.253 e. The fourth-order valence-corrected chi connectivity index (χ4v) is 1.31. The lowest BCUT2D eigenvalue weighted by atomic mass is 10.2. The van der Waals surface area contributed by atoms with Gasteiger partial charge in [-0.25, -0.2) is 0 Å². The first kappa shape index (κ1) is 10.0. The molecule has 1 aromatic carbocycles. The van der Waals surface area contributed by atoms with Gasteiger partial charge in [0.1, 0.15) is 5.75 Å². The molecule has 0 spiro atoms. The molecule has 1 fully saturated rings. The Labute approximate surface area is 89.7 Å². The number of carbonyl (C=O) groups is 1. The average Bonchev–Trinajstić information content (AvgIpc) is 3.02. The predicted octanol–water partition coefficient (Wildman–Crippen LogP) is 1.93. The van der Waals surface area contributed by atoms with Crippen molar-refractivity contribution in [1.82, 2.24) is 4.90 Å². The summed E-state index contributed by atoms with van der Waals surface area (Å²) in [5, 5.41) is 0. The van der Waals surface area contributed by atoms with Crippen molar-refractivity contribution in [2.45, 2.75) is 18.9 Å². The van der Waals surface area contributed by atoms with Crippen molar-refractivity contribution in [3.63, 3.8) is 0 Å². The summed E-state index contributed by atoms with van der Waals surface area (Å²) in [5.74, 6) is 0.876. The Morgan fingerprint density at radius 2 is 1.87 bits per heavy atom. The van der Waals surface area contributed by atoms with E-state index in [1.165, 1.54) is 0 Å². The van der Waals surface area contributed by atoms with Crippen LogP contribution in [0.25, 0.3) is 0 Å². The number of benzene rings is 1. The minimum absolute atomic E-state index is 0.0213. The predicted molar refractivity (Wildman–Crippen MR) is 58.1 cm³/mol. The molecule has 0 bridgehead atoms. The van der Waals surface area contributed by atoms with Crippen molar-refractivity contribution in [2.24, 2.45) is 0 Å². The van der Waals surface area contributed by atoms with Crippen LogP contribution >= 0.6 is 0 Å². The van der Waals surface area contributed by atoms with Gasteiger partial charge in [0.25, 0.3) is 5.91 Å². The molecule has 0 saturated heterocycles. The summed E-state index contributed by atoms with van der Waals surface area (Å²) >= 11 is 0. The standard InChI is InChI=1S/C12H15NO2/c1-13(2)12(14)9-3-5-10(6-4-9)15-11-7-8-11/h3-6,11H,7-8H2,1-2H3. The van der Waals surface area contributed by atoms with E-state index in [9.17, 15) is 4.79 Å². The lowest BCUT2D eigenvalue weighted by molar-refractivity contribution is 0.0827. The van der Waals surface area contributed by atoms with Gasteiger partial charge in [0.2, 0.25) is 0 Å². The Balaban J connectivity index is 2.05. The van der Waals surface area contributed by atoms with Gasteiger partial charge in [-0.1, -0.05) is 0 Å². The quantitative estimate of drug-likeness (QED) is 0.754. The molecule has 0 aromatic heterocycles. The zero-order chi connectivity index (χ0) is 10.8. The lowest BCUT2D eigenvalue weighted by Crippen LogP contribution is -2.21. The highest BCUT2D eigenvalue weighted by Crippen LogP contribution is 2.26. The molecule has 0 unspecified atom stereocenters. The molecule has 2 rings (SSSR count). The van der Waals surface area contributed by atoms with Crippen LogP contribution < -0.4 is 4.74 Å². The molecule has 3 heteroatoms. The molecule has 1 amide bonds. The van der Waals surface area contributed by atoms with E-state index in [1.54, 1.807) is 31.1 Å². The van der Waals surface area contributed by atoms with E-state index < -0.39 is 0 Å². The summed E-state index contributed by atoms with van der Waals surface area (Å²) in [6.07, 6.45) is 2.71. The number of hydrogen-bond acceptors (Lipinski definition) is 2. The van der Waals surface area contributed by atoms with Crippen LogP contribution in [0.1, 0.15) is 23.2 Å². The minimum atomic E-state index is 0.0213. The SMILES string of the molecule is CN(C)C(=O)c1ccc(OC2CC2)cc1. The molecule has 0 heterocycles. The topological polar surface area (TPSA) is 29.5 Å². The molecule has 1 saturated carbocycles. The van der Waals surface area contributed by atoms with E-state index in [2.05, 4.69) is 0 Å². The van der Waals surface area contributed by atoms with Crippen LogP contribution in [0.2, 0.25) is 0 Å². The van der Waals surface area contributed by atoms with Crippen molar-refractivity contribution in [3.8, 4) is 5.75 Å². The van der Waals surface area contributed by atoms with Crippen molar-refractivity contribution in [3.05, 3.63) is 29.8 Å². The first-order chi connectivity index (χ1) is 7.16. The maximum atomic E-state index is 11.6. The Morgan fingerprint density at radius 1 is 1.27 bits per heavy atom. The highest BCUT2D eigenvalue weighted by Gasteiger charge is 2.23. The normalized spacial score (nSPS) is 14.8. The molecular formula is C12H15NO2. The largest absolute Gasteiger partial charge is 0.490 e. The Morgan fingerprint density at radius 3 is 2.33 bits per heavy atom. The Bertz CT molecular complexity index is 352. The van der Waals surface area contributed by atoms with Gasteiger partial charge in [-0.15, -0.1) is 0 Å². The smallest absolute Gasteiger partial charge is 0.253 e. The van der Waals surface area contributed by atoms with Crippen molar-refractivity contribution >= 4 is 5.91 Å². The van der Waals surface area contributed by atoms with Crippen LogP contribution in [0.4, 0.5) is 0 Å². The van der Waals surface area contributed by atoms with Gasteiger partial charge >= 0.3 is 0 Å². The van der Waals surface area contributed by atoms with Gasteiger partial charge in [-0.2, -0.15) is 0 Å². The molecule has 0 aliphatic heterocycles. The highest BCUT2D eigenvalue weighted by atomic mass is 16.5. The third-order valence-corrected chi connectivity index (χ3v) is 2.33. The van der Waals surface area contributed by atoms with Crippen LogP contribution in [0, 0.1) is 0 Å². The molecule has 80 valence electrons. The van der Waals surface area contributed by atoms with Crippen LogP contribution in [0.5, 0.6) is 5.75 Å². The second-order valence-corrected chi connectivity index (χ2v) is 4.04. The number of amides is 1. The van der Waals surface area contributed by atoms with Crippen LogP contribution in [0.15, 0.2) is 24.3 Å². The van der Waals surface area contributed by atoms with Crippen LogP contribution in [-0.2, 0) is 0 Å². The van der Waals surface area contributed by atoms with E-state index in [0.717, 1.165) is 18.6 Å². The zero-order valence-corrected chi connectivity index (χ0v) is 9.06. The third-order valence-electron chi connectivity index (χ3n) is 2.33. The Kier molecular flexibility index (Phi) is 2.62. The van der Waals surface area contributed by atoms with E-state index in [0.29, 0.717) is 11.7 Å². The van der Waals surface area contributed by atoms with Gasteiger partial charge in [0, 0.05) is 19.7 Å². The van der Waals surface area contributed by atoms with Crippen molar-refractivity contribution in [2.75, 3.05) is 14.1 Å². The van der Waals surface area contributed by atoms with Gasteiger partial charge < -0.3 is 9.64 Å². The molecule has 0 atom stereocenters. The molecule has 1 aliphatic carbocycles. The number of rotatable bonds is 3. The van der Waals surface area contributed by atoms with Gasteiger partial charge in [-0.3, -0.25) is 4.79 Å². The summed E-state index contributed by atoms with van der Waals surface area (Å²) in [7, 11) is 3.49. The molecule has 15 heavy (non-hydrogen) atoms. The number of ether oxygens (including phenoxy) is 1. The second-order valence-electron chi connectivity index (χ2n) is 4.04. The average molecular weight is 205 g/mol. The minimum Gasteiger partial charge on any atom is -0.490 e. The maximum absolute atomic E-state index is 11.6. The second kappa shape index (κ2) is 3.93. The molecule has 0 radical (unpaired) electrons. The van der Waals surface area contributed by atoms with Gasteiger partial charge in [0.15, 0.2) is 0 Å². The summed E-state index contributed by atoms with van der Waals surface area (Å²) in [6.45, 7) is 0. The van der Waals surface area contributed by atoms with Crippen molar-refractivity contribution < 1.29 is 9.53 Å². The summed E-state index contributed by atoms with van der Waals surface area (Å²) < 4.78 is 5.60. The van der Waals surface area contributed by atoms with E-state index in [-0.39, 0.29) is 5.91 Å². The van der Waals surface area contributed by atoms with E-state index >= 15 is 0 Å². The first-order valence-corrected chi connectivity index (χ1v) is 5.15. The molecule has 1 aromatic rings. The van der Waals surface area contributed by atoms with Crippen molar-refractivity contribution in [1.29, 1.82) is 0 Å². The molecule has 3 nitrogen and oxygen atoms in total. The highest BCUT2D eigenvalue weighted by molar-refractivity contribution is 5.93.